The molecule has 8 nitrogen and oxygen atoms in total. The number of likely N-dealkylation sites (tertiary alicyclic amines) is 1. The molecule has 0 radical (unpaired) electrons. The maximum absolute atomic E-state index is 12.5. The number of nitrogens with one attached hydrogen (secondary N) is 2. The van der Waals surface area contributed by atoms with Gasteiger partial charge in [0.2, 0.25) is 5.91 Å². The molecule has 0 aromatic carbocycles. The highest BCUT2D eigenvalue weighted by atomic mass is 16.6. The SMILES string of the molecule is C=CCNC(=O)NC(=O)CN1CCC[C@H](CN(C(=O)OC(C)(C)C)C(C)C)C1. The zero-order valence-corrected chi connectivity index (χ0v) is 17.9. The summed E-state index contributed by atoms with van der Waals surface area (Å²) in [7, 11) is 0. The van der Waals surface area contributed by atoms with Gasteiger partial charge in [0, 0.05) is 25.7 Å². The van der Waals surface area contributed by atoms with E-state index in [0.29, 0.717) is 19.6 Å². The van der Waals surface area contributed by atoms with Crippen LogP contribution in [-0.4, -0.2) is 72.2 Å². The number of imide groups is 1. The van der Waals surface area contributed by atoms with Gasteiger partial charge in [-0.1, -0.05) is 6.08 Å². The molecule has 1 saturated heterocycles. The number of nitrogens with zero attached hydrogens (tertiary/aromatic N) is 2. The Balaban J connectivity index is 2.56. The fourth-order valence-electron chi connectivity index (χ4n) is 3.12. The van der Waals surface area contributed by atoms with E-state index in [9.17, 15) is 14.4 Å². The van der Waals surface area contributed by atoms with Crippen LogP contribution in [-0.2, 0) is 9.53 Å². The smallest absolute Gasteiger partial charge is 0.410 e. The lowest BCUT2D eigenvalue weighted by atomic mass is 9.97. The van der Waals surface area contributed by atoms with Crippen LogP contribution in [0.15, 0.2) is 12.7 Å². The van der Waals surface area contributed by atoms with Gasteiger partial charge in [0.25, 0.3) is 0 Å². The number of rotatable bonds is 7. The number of carbonyl (C=O) groups excluding carboxylic acids is 3. The number of hydrogen-bond acceptors (Lipinski definition) is 5. The molecule has 160 valence electrons. The predicted molar refractivity (Wildman–Crippen MR) is 109 cm³/mol. The lowest BCUT2D eigenvalue weighted by Crippen LogP contribution is -2.49. The summed E-state index contributed by atoms with van der Waals surface area (Å²) in [5, 5.41) is 4.83. The number of hydrogen-bond donors (Lipinski definition) is 2. The van der Waals surface area contributed by atoms with E-state index >= 15 is 0 Å². The Bertz CT molecular complexity index is 557. The van der Waals surface area contributed by atoms with E-state index in [2.05, 4.69) is 17.2 Å². The first-order valence-corrected chi connectivity index (χ1v) is 9.92. The van der Waals surface area contributed by atoms with Crippen molar-refractivity contribution in [1.82, 2.24) is 20.4 Å². The molecule has 1 rings (SSSR count). The average Bonchev–Trinajstić information content (AvgIpc) is 2.56. The second kappa shape index (κ2) is 11.0. The van der Waals surface area contributed by atoms with Gasteiger partial charge in [-0.05, 0) is 59.9 Å². The molecule has 1 atom stereocenters. The largest absolute Gasteiger partial charge is 0.444 e. The van der Waals surface area contributed by atoms with Crippen molar-refractivity contribution in [2.45, 2.75) is 59.1 Å². The van der Waals surface area contributed by atoms with Gasteiger partial charge in [-0.25, -0.2) is 9.59 Å². The summed E-state index contributed by atoms with van der Waals surface area (Å²) in [5.74, 6) is -0.0823. The second-order valence-corrected chi connectivity index (χ2v) is 8.52. The number of urea groups is 1. The zero-order chi connectivity index (χ0) is 21.3. The number of amides is 4. The first kappa shape index (κ1) is 23.9. The summed E-state index contributed by atoms with van der Waals surface area (Å²) < 4.78 is 5.53. The third kappa shape index (κ3) is 9.21. The monoisotopic (exact) mass is 396 g/mol. The summed E-state index contributed by atoms with van der Waals surface area (Å²) >= 11 is 0. The van der Waals surface area contributed by atoms with Crippen molar-refractivity contribution in [2.24, 2.45) is 5.92 Å². The number of piperidine rings is 1. The van der Waals surface area contributed by atoms with Crippen LogP contribution in [0.3, 0.4) is 0 Å². The van der Waals surface area contributed by atoms with Crippen molar-refractivity contribution in [3.05, 3.63) is 12.7 Å². The molecule has 0 aromatic rings. The lowest BCUT2D eigenvalue weighted by Gasteiger charge is -2.37. The average molecular weight is 397 g/mol. The number of ether oxygens (including phenoxy) is 1. The molecular formula is C20H36N4O4. The van der Waals surface area contributed by atoms with Gasteiger partial charge in [-0.2, -0.15) is 0 Å². The quantitative estimate of drug-likeness (QED) is 0.645. The summed E-state index contributed by atoms with van der Waals surface area (Å²) in [6.07, 6.45) is 3.17. The fourth-order valence-corrected chi connectivity index (χ4v) is 3.12. The van der Waals surface area contributed by atoms with E-state index in [-0.39, 0.29) is 30.5 Å². The molecule has 0 spiro atoms. The normalized spacial score (nSPS) is 17.7. The van der Waals surface area contributed by atoms with Crippen LogP contribution in [0.25, 0.3) is 0 Å². The van der Waals surface area contributed by atoms with Crippen LogP contribution in [0, 0.1) is 5.92 Å². The standard InChI is InChI=1S/C20H36N4O4/c1-7-10-21-18(26)22-17(25)14-23-11-8-9-16(12-23)13-24(15(2)3)19(27)28-20(4,5)6/h7,15-16H,1,8-14H2,2-6H3,(H2,21,22,25,26)/t16-/m0/s1. The predicted octanol–water partition coefficient (Wildman–Crippen LogP) is 2.36. The molecule has 2 N–H and O–H groups in total. The lowest BCUT2D eigenvalue weighted by molar-refractivity contribution is -0.121. The minimum Gasteiger partial charge on any atom is -0.444 e. The van der Waals surface area contributed by atoms with Crippen molar-refractivity contribution in [3.63, 3.8) is 0 Å². The Morgan fingerprint density at radius 3 is 2.57 bits per heavy atom. The van der Waals surface area contributed by atoms with Gasteiger partial charge in [-0.15, -0.1) is 6.58 Å². The van der Waals surface area contributed by atoms with Crippen molar-refractivity contribution in [2.75, 3.05) is 32.7 Å². The first-order chi connectivity index (χ1) is 13.0. The molecule has 28 heavy (non-hydrogen) atoms. The fraction of sp³-hybridized carbons (Fsp3) is 0.750. The Hall–Kier alpha value is -2.09. The maximum atomic E-state index is 12.5. The molecule has 0 aromatic heterocycles. The molecule has 0 bridgehead atoms. The van der Waals surface area contributed by atoms with E-state index in [1.54, 1.807) is 11.0 Å². The first-order valence-electron chi connectivity index (χ1n) is 9.92. The van der Waals surface area contributed by atoms with Gasteiger partial charge in [0.1, 0.15) is 5.60 Å². The highest BCUT2D eigenvalue weighted by molar-refractivity contribution is 5.95. The van der Waals surface area contributed by atoms with Crippen LogP contribution in [0.4, 0.5) is 9.59 Å². The molecule has 1 heterocycles. The summed E-state index contributed by atoms with van der Waals surface area (Å²) in [5.41, 5.74) is -0.535. The highest BCUT2D eigenvalue weighted by Crippen LogP contribution is 2.20. The van der Waals surface area contributed by atoms with E-state index in [4.69, 9.17) is 4.74 Å². The Kier molecular flexibility index (Phi) is 9.45. The number of carbonyl (C=O) groups is 3. The van der Waals surface area contributed by atoms with Crippen molar-refractivity contribution >= 4 is 18.0 Å². The zero-order valence-electron chi connectivity index (χ0n) is 17.9. The van der Waals surface area contributed by atoms with Crippen LogP contribution in [0.2, 0.25) is 0 Å². The maximum Gasteiger partial charge on any atom is 0.410 e. The summed E-state index contributed by atoms with van der Waals surface area (Å²) in [4.78, 5) is 39.9. The summed E-state index contributed by atoms with van der Waals surface area (Å²) in [6.45, 7) is 15.6. The van der Waals surface area contributed by atoms with Crippen molar-refractivity contribution < 1.29 is 19.1 Å². The van der Waals surface area contributed by atoms with E-state index in [1.807, 2.05) is 39.5 Å². The molecular weight excluding hydrogens is 360 g/mol. The van der Waals surface area contributed by atoms with Gasteiger partial charge in [-0.3, -0.25) is 15.0 Å². The third-order valence-electron chi connectivity index (χ3n) is 4.34. The van der Waals surface area contributed by atoms with E-state index in [1.165, 1.54) is 0 Å². The molecule has 0 aliphatic carbocycles. The topological polar surface area (TPSA) is 91.0 Å². The molecule has 1 aliphatic rings. The van der Waals surface area contributed by atoms with Gasteiger partial charge < -0.3 is 15.0 Å². The van der Waals surface area contributed by atoms with Gasteiger partial charge >= 0.3 is 12.1 Å². The van der Waals surface area contributed by atoms with Crippen LogP contribution >= 0.6 is 0 Å². The second-order valence-electron chi connectivity index (χ2n) is 8.52. The third-order valence-corrected chi connectivity index (χ3v) is 4.34. The summed E-state index contributed by atoms with van der Waals surface area (Å²) in [6, 6.07) is -0.489. The molecule has 0 unspecified atom stereocenters. The van der Waals surface area contributed by atoms with E-state index in [0.717, 1.165) is 19.4 Å². The highest BCUT2D eigenvalue weighted by Gasteiger charge is 2.29. The van der Waals surface area contributed by atoms with Gasteiger partial charge in [0.05, 0.1) is 6.54 Å². The van der Waals surface area contributed by atoms with Crippen LogP contribution in [0.5, 0.6) is 0 Å². The Morgan fingerprint density at radius 2 is 2.00 bits per heavy atom. The van der Waals surface area contributed by atoms with Crippen LogP contribution < -0.4 is 10.6 Å². The Labute approximate surface area is 168 Å². The molecule has 8 heteroatoms. The Morgan fingerprint density at radius 1 is 1.32 bits per heavy atom. The minimum atomic E-state index is -0.535. The van der Waals surface area contributed by atoms with Gasteiger partial charge in [0.15, 0.2) is 0 Å². The van der Waals surface area contributed by atoms with Crippen molar-refractivity contribution in [3.8, 4) is 0 Å². The molecule has 4 amide bonds. The van der Waals surface area contributed by atoms with Crippen LogP contribution in [0.1, 0.15) is 47.5 Å². The molecule has 1 fully saturated rings. The molecule has 0 saturated carbocycles. The molecule has 1 aliphatic heterocycles. The minimum absolute atomic E-state index is 0.0297. The van der Waals surface area contributed by atoms with Crippen molar-refractivity contribution in [1.29, 1.82) is 0 Å². The van der Waals surface area contributed by atoms with E-state index < -0.39 is 11.6 Å².